The first kappa shape index (κ1) is 96.4. The molecule has 10 N–H and O–H groups in total. The monoisotopic (exact) mass is 1910 g/mol. The number of hydrogen-bond acceptors (Lipinski definition) is 24. The average Bonchev–Trinajstić information content (AvgIpc) is 1.69. The van der Waals surface area contributed by atoms with E-state index >= 15 is 0 Å². The summed E-state index contributed by atoms with van der Waals surface area (Å²) in [5, 5.41) is 26.8. The quantitative estimate of drug-likeness (QED) is 0.0196. The van der Waals surface area contributed by atoms with E-state index in [1.807, 2.05) is 18.2 Å². The Morgan fingerprint density at radius 2 is 0.754 bits per heavy atom. The Labute approximate surface area is 813 Å². The Morgan fingerprint density at radius 3 is 1.09 bits per heavy atom. The van der Waals surface area contributed by atoms with Gasteiger partial charge >= 0.3 is 12.1 Å². The zero-order chi connectivity index (χ0) is 96.4. The van der Waals surface area contributed by atoms with E-state index in [1.165, 1.54) is 90.7 Å². The standard InChI is InChI=1S/C26H28N4O3.C26H27N3O4.C26H27N3O3S.C22H24N2O3.C4H4ClNO.C2H6O.H3NO/c1-32-20-8-10-25(11-9-20)15-19-7-6-18(5-4-17-2-3-17)14-21(19)26(25)23(31)30(24(27)29-26)16-22-28-12-13-33-22;1-32-20-8-10-25(11-9-20)15-19-7-6-18(5-4-17-2-3-17)14-21(19)26(25)23(30)29(24(31)28-26)16-22-27-12-13-33-22;1-31-20-8-10-25(11-9-20)15-19-7-6-18(5-4-17-2-3-17)14-21(19)26(25)23(30)29(24(33)28-26)16-22-27-12-13-32-22;1-27-17-8-10-21(11-9-17)13-16-7-6-15(5-4-14-2-3-14)12-18(16)22(21)19(25)23-20(26)24-22;5-3-4-6-1-2-7-4;1-2-3;1-2/h6-7,12-14,17,20H,2-3,8-11,15-16H2,1H3,(H2,27,29);6-7,12-14,17,20H,2-3,8-11,15-16H2,1H3,(H,28,31);6-7,12-14,17,20H,2-3,8-11,15-16H2,1H3,(H,28,33);6-7,12,14,17H,2-3,8-11,13H2,1H3,(H2,23,24,25,26);1-2H,3H2;3H,2H2,1H3;2H,1H2. The molecule has 30 nitrogen and oxygen atoms in total. The van der Waals surface area contributed by atoms with Gasteiger partial charge in [-0.05, 0) is 292 Å². The number of alkyl halides is 1. The largest absolute Gasteiger partial charge is 0.448 e. The molecule has 16 aliphatic rings. The number of guanidine groups is 1. The highest BCUT2D eigenvalue weighted by atomic mass is 35.5. The minimum Gasteiger partial charge on any atom is -0.448 e. The summed E-state index contributed by atoms with van der Waals surface area (Å²) in [6.07, 6.45) is 39.8. The summed E-state index contributed by atoms with van der Waals surface area (Å²) >= 11 is 11.0. The number of carbonyl (C=O) groups excluding carboxylic acids is 6. The van der Waals surface area contributed by atoms with E-state index in [-0.39, 0.29) is 102 Å². The highest BCUT2D eigenvalue weighted by Crippen LogP contribution is 2.66. The SMILES string of the molecule is CCO.COC1CCC2(CC1)Cc1ccc(C#CC3CC3)cc1C21N=C(N)N(Cc2ncco2)C1=O.COC1CCC2(CC1)Cc1ccc(C#CC3CC3)cc1C21NC(=O)N(Cc2ncco2)C1=O.COC1CCC2(CC1)Cc1ccc(C#CC3CC3)cc1C21NC(=O)NC1=O.COC1CCC2(CC1)Cc1ccc(C#CC3CC3)cc1C21NC(=S)N(Cc2ncco2)C1=O.ClCc1ncco1.NO. The molecule has 0 radical (unpaired) electrons. The lowest BCUT2D eigenvalue weighted by Gasteiger charge is -2.46. The molecule has 8 saturated carbocycles. The van der Waals surface area contributed by atoms with Crippen LogP contribution in [0.4, 0.5) is 9.59 Å². The third-order valence-electron chi connectivity index (χ3n) is 31.3. The van der Waals surface area contributed by atoms with Crippen LogP contribution in [-0.2, 0) is 111 Å². The van der Waals surface area contributed by atoms with Crippen molar-refractivity contribution in [3.05, 3.63) is 213 Å². The zero-order valence-corrected chi connectivity index (χ0v) is 80.2. The number of nitrogens with zero attached hydrogens (tertiary/aromatic N) is 8. The lowest BCUT2D eigenvalue weighted by atomic mass is 9.61. The molecule has 8 heterocycles. The second kappa shape index (κ2) is 40.2. The predicted molar refractivity (Wildman–Crippen MR) is 511 cm³/mol. The number of aliphatic hydroxyl groups excluding tert-OH is 1. The van der Waals surface area contributed by atoms with Gasteiger partial charge in [0.05, 0.1) is 55.1 Å². The summed E-state index contributed by atoms with van der Waals surface area (Å²) in [6, 6.07) is 24.3. The number of urea groups is 2. The Bertz CT molecular complexity index is 5940. The number of amides is 8. The molecule has 4 unspecified atom stereocenters. The molecule has 4 aromatic carbocycles. The van der Waals surface area contributed by atoms with Gasteiger partial charge < -0.3 is 68.6 Å². The Hall–Kier alpha value is -11.9. The second-order valence-corrected chi connectivity index (χ2v) is 39.9. The van der Waals surface area contributed by atoms with Gasteiger partial charge in [-0.3, -0.25) is 39.2 Å². The zero-order valence-electron chi connectivity index (χ0n) is 78.6. The fraction of sp³-hybridized carbons (Fsp3) is 0.509. The first-order valence-electron chi connectivity index (χ1n) is 48.3. The van der Waals surface area contributed by atoms with Crippen LogP contribution < -0.4 is 32.9 Å². The molecule has 4 aromatic heterocycles. The minimum absolute atomic E-state index is 0.00683. The molecule has 4 atom stereocenters. The molecule has 12 aliphatic carbocycles. The number of oxazole rings is 4. The van der Waals surface area contributed by atoms with Crippen LogP contribution in [0.1, 0.15) is 251 Å². The van der Waals surface area contributed by atoms with Gasteiger partial charge in [0, 0.05) is 103 Å². The summed E-state index contributed by atoms with van der Waals surface area (Å²) in [5.41, 5.74) is 13.4. The molecular weight excluding hydrogens is 1790 g/mol. The Kier molecular flexibility index (Phi) is 28.1. The van der Waals surface area contributed by atoms with E-state index in [9.17, 15) is 28.8 Å². The maximum Gasteiger partial charge on any atom is 0.325 e. The molecule has 722 valence electrons. The number of fused-ring (bicyclic) bond motifs is 12. The first-order valence-corrected chi connectivity index (χ1v) is 49.3. The normalized spacial score (nSPS) is 29.2. The van der Waals surface area contributed by atoms with E-state index in [1.54, 1.807) is 58.9 Å². The fourth-order valence-electron chi connectivity index (χ4n) is 23.6. The molecule has 32 heteroatoms. The number of aliphatic imine (C=N–C) groups is 1. The van der Waals surface area contributed by atoms with Gasteiger partial charge in [-0.25, -0.2) is 40.4 Å². The van der Waals surface area contributed by atoms with Crippen LogP contribution in [-0.4, -0.2) is 151 Å². The van der Waals surface area contributed by atoms with Gasteiger partial charge in [-0.15, -0.1) is 11.6 Å². The third-order valence-corrected chi connectivity index (χ3v) is 31.9. The second-order valence-electron chi connectivity index (χ2n) is 39.3. The number of ether oxygens (including phenoxy) is 4. The molecule has 0 bridgehead atoms. The number of methoxy groups -OCH3 is 4. The van der Waals surface area contributed by atoms with E-state index in [0.717, 1.165) is 197 Å². The highest BCUT2D eigenvalue weighted by molar-refractivity contribution is 7.80. The Morgan fingerprint density at radius 1 is 0.435 bits per heavy atom. The van der Waals surface area contributed by atoms with Gasteiger partial charge in [0.1, 0.15) is 44.7 Å². The third kappa shape index (κ3) is 18.1. The van der Waals surface area contributed by atoms with Crippen LogP contribution in [0, 0.1) is 92.7 Å². The number of imide groups is 2. The molecule has 138 heavy (non-hydrogen) atoms. The predicted octanol–water partition coefficient (Wildman–Crippen LogP) is 13.7. The lowest BCUT2D eigenvalue weighted by molar-refractivity contribution is -0.139. The van der Waals surface area contributed by atoms with E-state index in [0.29, 0.717) is 58.2 Å². The number of aliphatic hydroxyl groups is 1. The van der Waals surface area contributed by atoms with Crippen molar-refractivity contribution in [3.63, 3.8) is 0 Å². The van der Waals surface area contributed by atoms with Crippen LogP contribution in [0.25, 0.3) is 0 Å². The minimum atomic E-state index is -1.10. The highest BCUT2D eigenvalue weighted by Gasteiger charge is 2.72. The number of halogens is 1. The van der Waals surface area contributed by atoms with Gasteiger partial charge in [0.15, 0.2) is 33.2 Å². The molecule has 8 aromatic rings. The molecule has 24 rings (SSSR count). The maximum absolute atomic E-state index is 14.3. The lowest BCUT2D eigenvalue weighted by Crippen LogP contribution is -2.56. The van der Waals surface area contributed by atoms with E-state index < -0.39 is 34.2 Å². The van der Waals surface area contributed by atoms with Crippen molar-refractivity contribution in [2.75, 3.05) is 35.0 Å². The molecule has 4 aliphatic heterocycles. The number of benzene rings is 4. The molecular formula is C106H119ClN14O16S. The number of aromatic nitrogens is 4. The fourth-order valence-corrected chi connectivity index (χ4v) is 24.1. The maximum atomic E-state index is 14.3. The van der Waals surface area contributed by atoms with Gasteiger partial charge in [0.2, 0.25) is 23.6 Å². The van der Waals surface area contributed by atoms with Crippen LogP contribution in [0.5, 0.6) is 0 Å². The van der Waals surface area contributed by atoms with Gasteiger partial charge in [-0.1, -0.05) is 71.6 Å². The van der Waals surface area contributed by atoms with Crippen molar-refractivity contribution in [3.8, 4) is 47.4 Å². The van der Waals surface area contributed by atoms with Crippen LogP contribution in [0.2, 0.25) is 0 Å². The van der Waals surface area contributed by atoms with Crippen molar-refractivity contribution in [1.82, 2.24) is 55.9 Å². The van der Waals surface area contributed by atoms with Crippen molar-refractivity contribution in [2.24, 2.45) is 62.0 Å². The van der Waals surface area contributed by atoms with Crippen molar-refractivity contribution < 1.29 is 75.7 Å². The molecule has 8 spiro atoms. The number of hydrogen-bond donors (Lipinski definition) is 8. The van der Waals surface area contributed by atoms with Crippen LogP contribution >= 0.6 is 23.8 Å². The number of nitrogens with two attached hydrogens (primary N) is 2. The topological polar surface area (TPSA) is 406 Å². The number of rotatable bonds is 11. The van der Waals surface area contributed by atoms with Gasteiger partial charge in [0.25, 0.3) is 23.6 Å². The number of nitrogens with one attached hydrogen (secondary N) is 4. The summed E-state index contributed by atoms with van der Waals surface area (Å²) in [6.45, 7) is 2.36. The van der Waals surface area contributed by atoms with Crippen LogP contribution in [0.15, 0.2) is 145 Å². The summed E-state index contributed by atoms with van der Waals surface area (Å²) < 4.78 is 43.4. The van der Waals surface area contributed by atoms with Crippen molar-refractivity contribution in [1.29, 1.82) is 0 Å². The van der Waals surface area contributed by atoms with Crippen molar-refractivity contribution in [2.45, 2.75) is 259 Å². The van der Waals surface area contributed by atoms with E-state index in [4.69, 9.17) is 81.5 Å². The van der Waals surface area contributed by atoms with E-state index in [2.05, 4.69) is 149 Å². The molecule has 3 saturated heterocycles. The smallest absolute Gasteiger partial charge is 0.325 e. The molecule has 8 amide bonds. The first-order chi connectivity index (χ1) is 67.0. The molecule has 11 fully saturated rings. The summed E-state index contributed by atoms with van der Waals surface area (Å²) in [7, 11) is 7.03. The van der Waals surface area contributed by atoms with Crippen molar-refractivity contribution >= 4 is 70.6 Å². The summed E-state index contributed by atoms with van der Waals surface area (Å²) in [5.74, 6) is 34.0. The number of carbonyl (C=O) groups is 6. The average molecular weight is 1910 g/mol. The number of thiocarbonyl (C=S) groups is 1. The van der Waals surface area contributed by atoms with Gasteiger partial charge in [-0.2, -0.15) is 0 Å². The van der Waals surface area contributed by atoms with Crippen LogP contribution in [0.3, 0.4) is 0 Å². The summed E-state index contributed by atoms with van der Waals surface area (Å²) in [4.78, 5) is 107. The Balaban J connectivity index is 0.000000118.